The van der Waals surface area contributed by atoms with E-state index in [9.17, 15) is 13.2 Å². The van der Waals surface area contributed by atoms with E-state index in [0.717, 1.165) is 12.8 Å². The molecule has 1 aliphatic rings. The number of amides is 1. The molecule has 0 spiro atoms. The molecule has 0 aliphatic carbocycles. The Balaban J connectivity index is 2.12. The van der Waals surface area contributed by atoms with Gasteiger partial charge in [0.1, 0.15) is 10.7 Å². The molecule has 2 N–H and O–H groups in total. The molecule has 1 saturated heterocycles. The number of nitrogens with zero attached hydrogens (tertiary/aromatic N) is 1. The van der Waals surface area contributed by atoms with E-state index in [4.69, 9.17) is 9.56 Å². The summed E-state index contributed by atoms with van der Waals surface area (Å²) in [5.41, 5.74) is 0. The quantitative estimate of drug-likeness (QED) is 0.919. The number of hydrogen-bond donors (Lipinski definition) is 1. The highest BCUT2D eigenvalue weighted by molar-refractivity contribution is 7.89. The molecule has 1 amide bonds. The highest BCUT2D eigenvalue weighted by Crippen LogP contribution is 2.26. The Morgan fingerprint density at radius 3 is 2.38 bits per heavy atom. The van der Waals surface area contributed by atoms with E-state index in [1.54, 1.807) is 4.90 Å². The first kappa shape index (κ1) is 16.0. The average Bonchev–Trinajstić information content (AvgIpc) is 2.80. The molecule has 1 aromatic rings. The van der Waals surface area contributed by atoms with Crippen LogP contribution >= 0.6 is 0 Å². The molecule has 2 heterocycles. The van der Waals surface area contributed by atoms with Crippen molar-refractivity contribution in [3.8, 4) is 0 Å². The third-order valence-corrected chi connectivity index (χ3v) is 5.18. The molecule has 1 aromatic heterocycles. The van der Waals surface area contributed by atoms with Crippen molar-refractivity contribution in [2.24, 2.45) is 17.0 Å². The first-order chi connectivity index (χ1) is 9.70. The summed E-state index contributed by atoms with van der Waals surface area (Å²) in [7, 11) is -3.86. The molecule has 0 atom stereocenters. The van der Waals surface area contributed by atoms with E-state index in [-0.39, 0.29) is 22.3 Å². The second-order valence-electron chi connectivity index (χ2n) is 5.95. The van der Waals surface area contributed by atoms with Gasteiger partial charge in [-0.05, 0) is 31.6 Å². The fourth-order valence-corrected chi connectivity index (χ4v) is 3.49. The van der Waals surface area contributed by atoms with Crippen molar-refractivity contribution < 1.29 is 17.6 Å². The number of aryl methyl sites for hydroxylation is 1. The Labute approximate surface area is 125 Å². The van der Waals surface area contributed by atoms with Gasteiger partial charge in [-0.3, -0.25) is 4.79 Å². The smallest absolute Gasteiger partial charge is 0.289 e. The lowest BCUT2D eigenvalue weighted by molar-refractivity contribution is 0.0634. The van der Waals surface area contributed by atoms with Crippen LogP contribution in [-0.2, 0) is 10.0 Å². The average molecular weight is 314 g/mol. The monoisotopic (exact) mass is 314 g/mol. The van der Waals surface area contributed by atoms with Gasteiger partial charge in [0.15, 0.2) is 5.76 Å². The van der Waals surface area contributed by atoms with Crippen LogP contribution in [0.3, 0.4) is 0 Å². The van der Waals surface area contributed by atoms with Gasteiger partial charge < -0.3 is 9.32 Å². The highest BCUT2D eigenvalue weighted by atomic mass is 32.2. The molecule has 0 radical (unpaired) electrons. The normalized spacial score (nSPS) is 17.5. The molecular weight excluding hydrogens is 292 g/mol. The van der Waals surface area contributed by atoms with Gasteiger partial charge in [-0.2, -0.15) is 0 Å². The van der Waals surface area contributed by atoms with Crippen LogP contribution in [0.2, 0.25) is 0 Å². The van der Waals surface area contributed by atoms with Gasteiger partial charge in [0, 0.05) is 19.2 Å². The third kappa shape index (κ3) is 3.47. The number of hydrogen-bond acceptors (Lipinski definition) is 4. The summed E-state index contributed by atoms with van der Waals surface area (Å²) in [6.45, 7) is 7.21. The van der Waals surface area contributed by atoms with Crippen molar-refractivity contribution in [1.29, 1.82) is 0 Å². The molecule has 0 unspecified atom stereocenters. The number of carbonyl (C=O) groups excluding carboxylic acids is 1. The highest BCUT2D eigenvalue weighted by Gasteiger charge is 2.28. The van der Waals surface area contributed by atoms with E-state index in [1.165, 1.54) is 13.0 Å². The number of likely N-dealkylation sites (tertiary alicyclic amines) is 1. The van der Waals surface area contributed by atoms with Crippen molar-refractivity contribution in [1.82, 2.24) is 4.90 Å². The van der Waals surface area contributed by atoms with Crippen LogP contribution in [0.25, 0.3) is 0 Å². The molecule has 0 bridgehead atoms. The standard InChI is InChI=1S/C14H22N2O4S/c1-9(2)11-4-6-16(7-5-11)14(17)12-8-13(10(3)20-12)21(15,18)19/h8-9,11H,4-7H2,1-3H3,(H2,15,18,19). The van der Waals surface area contributed by atoms with Crippen molar-refractivity contribution >= 4 is 15.9 Å². The van der Waals surface area contributed by atoms with Crippen LogP contribution in [0.1, 0.15) is 43.0 Å². The minimum absolute atomic E-state index is 0.0412. The first-order valence-electron chi connectivity index (χ1n) is 7.12. The van der Waals surface area contributed by atoms with Crippen LogP contribution in [0.15, 0.2) is 15.4 Å². The van der Waals surface area contributed by atoms with Gasteiger partial charge in [-0.25, -0.2) is 13.6 Å². The fraction of sp³-hybridized carbons (Fsp3) is 0.643. The van der Waals surface area contributed by atoms with Gasteiger partial charge in [0.2, 0.25) is 10.0 Å². The van der Waals surface area contributed by atoms with Crippen molar-refractivity contribution in [2.75, 3.05) is 13.1 Å². The molecule has 1 fully saturated rings. The number of rotatable bonds is 3. The van der Waals surface area contributed by atoms with Gasteiger partial charge in [0.05, 0.1) is 0 Å². The molecule has 2 rings (SSSR count). The molecule has 7 heteroatoms. The number of primary sulfonamides is 1. The number of piperidine rings is 1. The maximum atomic E-state index is 12.4. The third-order valence-electron chi connectivity index (χ3n) is 4.16. The minimum atomic E-state index is -3.86. The zero-order valence-electron chi connectivity index (χ0n) is 12.6. The SMILES string of the molecule is Cc1oc(C(=O)N2CCC(C(C)C)CC2)cc1S(N)(=O)=O. The second-order valence-corrected chi connectivity index (χ2v) is 7.48. The van der Waals surface area contributed by atoms with Gasteiger partial charge in [-0.1, -0.05) is 13.8 Å². The van der Waals surface area contributed by atoms with Crippen LogP contribution in [-0.4, -0.2) is 32.3 Å². The lowest BCUT2D eigenvalue weighted by atomic mass is 9.87. The maximum absolute atomic E-state index is 12.4. The van der Waals surface area contributed by atoms with Gasteiger partial charge in [-0.15, -0.1) is 0 Å². The molecular formula is C14H22N2O4S. The lowest BCUT2D eigenvalue weighted by Gasteiger charge is -2.33. The number of carbonyl (C=O) groups is 1. The summed E-state index contributed by atoms with van der Waals surface area (Å²) in [6, 6.07) is 1.22. The molecule has 0 saturated carbocycles. The van der Waals surface area contributed by atoms with Crippen LogP contribution < -0.4 is 5.14 Å². The Hall–Kier alpha value is -1.34. The summed E-state index contributed by atoms with van der Waals surface area (Å²) in [5.74, 6) is 1.17. The minimum Gasteiger partial charge on any atom is -0.455 e. The van der Waals surface area contributed by atoms with E-state index in [1.807, 2.05) is 0 Å². The Bertz CT molecular complexity index is 625. The first-order valence-corrected chi connectivity index (χ1v) is 8.67. The summed E-state index contributed by atoms with van der Waals surface area (Å²) >= 11 is 0. The second kappa shape index (κ2) is 5.81. The van der Waals surface area contributed by atoms with Crippen LogP contribution in [0.5, 0.6) is 0 Å². The van der Waals surface area contributed by atoms with Crippen molar-refractivity contribution in [3.63, 3.8) is 0 Å². The van der Waals surface area contributed by atoms with Crippen LogP contribution in [0, 0.1) is 18.8 Å². The fourth-order valence-electron chi connectivity index (χ4n) is 2.78. The van der Waals surface area contributed by atoms with Crippen LogP contribution in [0.4, 0.5) is 0 Å². The summed E-state index contributed by atoms with van der Waals surface area (Å²) in [4.78, 5) is 14.0. The topological polar surface area (TPSA) is 93.6 Å². The molecule has 6 nitrogen and oxygen atoms in total. The van der Waals surface area contributed by atoms with E-state index >= 15 is 0 Å². The predicted octanol–water partition coefficient (Wildman–Crippen LogP) is 1.74. The zero-order chi connectivity index (χ0) is 15.8. The molecule has 0 aromatic carbocycles. The van der Waals surface area contributed by atoms with E-state index in [0.29, 0.717) is 24.9 Å². The van der Waals surface area contributed by atoms with Gasteiger partial charge in [0.25, 0.3) is 5.91 Å². The Morgan fingerprint density at radius 1 is 1.38 bits per heavy atom. The van der Waals surface area contributed by atoms with Crippen molar-refractivity contribution in [2.45, 2.75) is 38.5 Å². The Morgan fingerprint density at radius 2 is 1.95 bits per heavy atom. The van der Waals surface area contributed by atoms with Gasteiger partial charge >= 0.3 is 0 Å². The number of nitrogens with two attached hydrogens (primary N) is 1. The lowest BCUT2D eigenvalue weighted by Crippen LogP contribution is -2.39. The summed E-state index contributed by atoms with van der Waals surface area (Å²) in [6.07, 6.45) is 1.93. The van der Waals surface area contributed by atoms with Crippen molar-refractivity contribution in [3.05, 3.63) is 17.6 Å². The zero-order valence-corrected chi connectivity index (χ0v) is 13.4. The molecule has 21 heavy (non-hydrogen) atoms. The molecule has 1 aliphatic heterocycles. The maximum Gasteiger partial charge on any atom is 0.289 e. The molecule has 118 valence electrons. The predicted molar refractivity (Wildman–Crippen MR) is 78.3 cm³/mol. The number of furan rings is 1. The van der Waals surface area contributed by atoms with E-state index < -0.39 is 10.0 Å². The summed E-state index contributed by atoms with van der Waals surface area (Å²) in [5, 5.41) is 5.09. The van der Waals surface area contributed by atoms with E-state index in [2.05, 4.69) is 13.8 Å². The largest absolute Gasteiger partial charge is 0.455 e. The Kier molecular flexibility index (Phi) is 4.43. The number of sulfonamides is 1. The summed E-state index contributed by atoms with van der Waals surface area (Å²) < 4.78 is 28.0.